The summed E-state index contributed by atoms with van der Waals surface area (Å²) in [6.07, 6.45) is 1.60. The number of anilines is 3. The average molecular weight is 274 g/mol. The van der Waals surface area contributed by atoms with Crippen LogP contribution in [0.3, 0.4) is 0 Å². The van der Waals surface area contributed by atoms with Crippen molar-refractivity contribution < 1.29 is 9.32 Å². The van der Waals surface area contributed by atoms with Crippen LogP contribution in [0.15, 0.2) is 28.9 Å². The van der Waals surface area contributed by atoms with Gasteiger partial charge in [-0.1, -0.05) is 25.9 Å². The molecule has 0 unspecified atom stereocenters. The zero-order chi connectivity index (χ0) is 14.8. The number of nitrogens with one attached hydrogen (secondary N) is 2. The highest BCUT2D eigenvalue weighted by molar-refractivity contribution is 5.94. The maximum atomic E-state index is 11.8. The molecule has 2 rings (SSSR count). The van der Waals surface area contributed by atoms with E-state index >= 15 is 0 Å². The molecule has 2 aromatic heterocycles. The van der Waals surface area contributed by atoms with Gasteiger partial charge in [0.2, 0.25) is 5.91 Å². The van der Waals surface area contributed by atoms with E-state index in [9.17, 15) is 4.79 Å². The van der Waals surface area contributed by atoms with Gasteiger partial charge in [0, 0.05) is 11.5 Å². The summed E-state index contributed by atoms with van der Waals surface area (Å²) in [7, 11) is 0. The largest absolute Gasteiger partial charge is 0.360 e. The van der Waals surface area contributed by atoms with E-state index in [0.717, 1.165) is 5.76 Å². The SMILES string of the molecule is Cc1cc(Nc2ccc(NC(=O)C(C)(C)C)cn2)no1. The lowest BCUT2D eigenvalue weighted by molar-refractivity contribution is -0.123. The highest BCUT2D eigenvalue weighted by atomic mass is 16.5. The molecular weight excluding hydrogens is 256 g/mol. The van der Waals surface area contributed by atoms with E-state index in [0.29, 0.717) is 17.3 Å². The molecule has 2 heterocycles. The molecule has 6 heteroatoms. The number of carbonyl (C=O) groups excluding carboxylic acids is 1. The molecule has 106 valence electrons. The van der Waals surface area contributed by atoms with Crippen molar-refractivity contribution in [1.82, 2.24) is 10.1 Å². The third-order valence-corrected chi connectivity index (χ3v) is 2.59. The van der Waals surface area contributed by atoms with Gasteiger partial charge in [-0.15, -0.1) is 0 Å². The fourth-order valence-electron chi connectivity index (χ4n) is 1.42. The Hall–Kier alpha value is -2.37. The van der Waals surface area contributed by atoms with Crippen molar-refractivity contribution in [3.8, 4) is 0 Å². The summed E-state index contributed by atoms with van der Waals surface area (Å²) in [4.78, 5) is 16.0. The predicted octanol–water partition coefficient (Wildman–Crippen LogP) is 3.11. The van der Waals surface area contributed by atoms with Gasteiger partial charge < -0.3 is 15.2 Å². The smallest absolute Gasteiger partial charge is 0.229 e. The van der Waals surface area contributed by atoms with Crippen molar-refractivity contribution in [1.29, 1.82) is 0 Å². The molecule has 2 aromatic rings. The van der Waals surface area contributed by atoms with Gasteiger partial charge in [-0.2, -0.15) is 0 Å². The van der Waals surface area contributed by atoms with E-state index in [-0.39, 0.29) is 5.91 Å². The predicted molar refractivity (Wildman–Crippen MR) is 76.8 cm³/mol. The minimum absolute atomic E-state index is 0.0489. The lowest BCUT2D eigenvalue weighted by Crippen LogP contribution is -2.27. The van der Waals surface area contributed by atoms with Crippen molar-refractivity contribution in [2.24, 2.45) is 5.41 Å². The highest BCUT2D eigenvalue weighted by Gasteiger charge is 2.21. The number of rotatable bonds is 3. The Bertz CT molecular complexity index is 596. The Morgan fingerprint density at radius 1 is 1.25 bits per heavy atom. The topological polar surface area (TPSA) is 80.0 Å². The van der Waals surface area contributed by atoms with E-state index < -0.39 is 5.41 Å². The zero-order valence-corrected chi connectivity index (χ0v) is 12.0. The molecule has 2 N–H and O–H groups in total. The standard InChI is InChI=1S/C14H18N4O2/c1-9-7-12(18-20-9)17-11-6-5-10(8-15-11)16-13(19)14(2,3)4/h5-8H,1-4H3,(H,16,19)(H,15,17,18). The van der Waals surface area contributed by atoms with Gasteiger partial charge in [0.15, 0.2) is 5.82 Å². The van der Waals surface area contributed by atoms with E-state index in [1.165, 1.54) is 0 Å². The molecule has 0 atom stereocenters. The van der Waals surface area contributed by atoms with Gasteiger partial charge in [-0.3, -0.25) is 4.79 Å². The maximum Gasteiger partial charge on any atom is 0.229 e. The van der Waals surface area contributed by atoms with Gasteiger partial charge in [0.05, 0.1) is 11.9 Å². The number of hydrogen-bond donors (Lipinski definition) is 2. The summed E-state index contributed by atoms with van der Waals surface area (Å²) < 4.78 is 4.95. The van der Waals surface area contributed by atoms with E-state index in [1.807, 2.05) is 27.7 Å². The van der Waals surface area contributed by atoms with Crippen molar-refractivity contribution in [3.05, 3.63) is 30.2 Å². The third-order valence-electron chi connectivity index (χ3n) is 2.59. The van der Waals surface area contributed by atoms with Crippen LogP contribution in [-0.4, -0.2) is 16.0 Å². The van der Waals surface area contributed by atoms with Gasteiger partial charge in [-0.05, 0) is 19.1 Å². The van der Waals surface area contributed by atoms with Gasteiger partial charge in [-0.25, -0.2) is 4.98 Å². The van der Waals surface area contributed by atoms with Crippen LogP contribution in [0.4, 0.5) is 17.3 Å². The molecule has 0 fully saturated rings. The second kappa shape index (κ2) is 5.32. The number of hydrogen-bond acceptors (Lipinski definition) is 5. The minimum Gasteiger partial charge on any atom is -0.360 e. The zero-order valence-electron chi connectivity index (χ0n) is 12.0. The molecule has 0 saturated carbocycles. The Morgan fingerprint density at radius 3 is 2.50 bits per heavy atom. The van der Waals surface area contributed by atoms with Crippen LogP contribution in [0.25, 0.3) is 0 Å². The molecule has 0 bridgehead atoms. The first kappa shape index (κ1) is 14.0. The molecule has 6 nitrogen and oxygen atoms in total. The fraction of sp³-hybridized carbons (Fsp3) is 0.357. The van der Waals surface area contributed by atoms with Crippen molar-refractivity contribution in [3.63, 3.8) is 0 Å². The van der Waals surface area contributed by atoms with Crippen LogP contribution in [0.2, 0.25) is 0 Å². The Balaban J connectivity index is 2.01. The average Bonchev–Trinajstić information content (AvgIpc) is 2.76. The molecule has 0 radical (unpaired) electrons. The lowest BCUT2D eigenvalue weighted by atomic mass is 9.96. The van der Waals surface area contributed by atoms with Crippen molar-refractivity contribution in [2.75, 3.05) is 10.6 Å². The van der Waals surface area contributed by atoms with Crippen LogP contribution >= 0.6 is 0 Å². The first-order valence-electron chi connectivity index (χ1n) is 6.32. The Morgan fingerprint density at radius 2 is 2.00 bits per heavy atom. The molecule has 0 aromatic carbocycles. The Kier molecular flexibility index (Phi) is 3.74. The molecule has 20 heavy (non-hydrogen) atoms. The van der Waals surface area contributed by atoms with Crippen LogP contribution < -0.4 is 10.6 Å². The van der Waals surface area contributed by atoms with Crippen molar-refractivity contribution >= 4 is 23.2 Å². The number of aromatic nitrogens is 2. The quantitative estimate of drug-likeness (QED) is 0.899. The maximum absolute atomic E-state index is 11.8. The van der Waals surface area contributed by atoms with Crippen LogP contribution in [0.1, 0.15) is 26.5 Å². The van der Waals surface area contributed by atoms with Crippen molar-refractivity contribution in [2.45, 2.75) is 27.7 Å². The van der Waals surface area contributed by atoms with E-state index in [4.69, 9.17) is 4.52 Å². The first-order chi connectivity index (χ1) is 9.34. The first-order valence-corrected chi connectivity index (χ1v) is 6.32. The summed E-state index contributed by atoms with van der Waals surface area (Å²) in [5, 5.41) is 9.64. The number of amides is 1. The van der Waals surface area contributed by atoms with Crippen LogP contribution in [-0.2, 0) is 4.79 Å². The summed E-state index contributed by atoms with van der Waals surface area (Å²) in [6, 6.07) is 5.32. The van der Waals surface area contributed by atoms with Gasteiger partial charge in [0.25, 0.3) is 0 Å². The molecule has 0 aliphatic rings. The molecule has 0 aliphatic heterocycles. The fourth-order valence-corrected chi connectivity index (χ4v) is 1.42. The number of carbonyl (C=O) groups is 1. The second-order valence-corrected chi connectivity index (χ2v) is 5.58. The molecule has 0 spiro atoms. The summed E-state index contributed by atoms with van der Waals surface area (Å²) in [5.74, 6) is 1.90. The summed E-state index contributed by atoms with van der Waals surface area (Å²) >= 11 is 0. The monoisotopic (exact) mass is 274 g/mol. The van der Waals surface area contributed by atoms with Crippen LogP contribution in [0.5, 0.6) is 0 Å². The summed E-state index contributed by atoms with van der Waals surface area (Å²) in [6.45, 7) is 7.40. The number of pyridine rings is 1. The Labute approximate surface area is 117 Å². The third kappa shape index (κ3) is 3.57. The molecule has 0 aliphatic carbocycles. The molecular formula is C14H18N4O2. The van der Waals surface area contributed by atoms with E-state index in [2.05, 4.69) is 20.8 Å². The molecule has 0 saturated heterocycles. The normalized spacial score (nSPS) is 11.2. The van der Waals surface area contributed by atoms with Gasteiger partial charge >= 0.3 is 0 Å². The highest BCUT2D eigenvalue weighted by Crippen LogP contribution is 2.19. The van der Waals surface area contributed by atoms with Crippen LogP contribution in [0, 0.1) is 12.3 Å². The minimum atomic E-state index is -0.435. The number of nitrogens with zero attached hydrogens (tertiary/aromatic N) is 2. The number of aryl methyl sites for hydroxylation is 1. The molecule has 1 amide bonds. The van der Waals surface area contributed by atoms with Gasteiger partial charge in [0.1, 0.15) is 11.6 Å². The lowest BCUT2D eigenvalue weighted by Gasteiger charge is -2.17. The summed E-state index contributed by atoms with van der Waals surface area (Å²) in [5.41, 5.74) is 0.224. The second-order valence-electron chi connectivity index (χ2n) is 5.58. The van der Waals surface area contributed by atoms with E-state index in [1.54, 1.807) is 24.4 Å².